The Labute approximate surface area is 141 Å². The largest absolute Gasteiger partial charge is 0.497 e. The van der Waals surface area contributed by atoms with Crippen molar-refractivity contribution < 1.29 is 9.15 Å². The lowest BCUT2D eigenvalue weighted by Gasteiger charge is -2.12. The van der Waals surface area contributed by atoms with E-state index in [1.54, 1.807) is 7.11 Å². The number of fused-ring (bicyclic) bond motifs is 1. The quantitative estimate of drug-likeness (QED) is 0.753. The van der Waals surface area contributed by atoms with Gasteiger partial charge in [-0.05, 0) is 49.7 Å². The van der Waals surface area contributed by atoms with Crippen molar-refractivity contribution in [2.75, 3.05) is 7.11 Å². The lowest BCUT2D eigenvalue weighted by Crippen LogP contribution is -2.18. The second-order valence-electron chi connectivity index (χ2n) is 5.87. The van der Waals surface area contributed by atoms with Gasteiger partial charge in [-0.3, -0.25) is 0 Å². The van der Waals surface area contributed by atoms with E-state index in [0.29, 0.717) is 12.1 Å². The average molecular weight is 320 g/mol. The van der Waals surface area contributed by atoms with Gasteiger partial charge >= 0.3 is 0 Å². The highest BCUT2D eigenvalue weighted by Gasteiger charge is 2.16. The van der Waals surface area contributed by atoms with E-state index in [1.165, 1.54) is 0 Å². The molecule has 0 aliphatic heterocycles. The maximum absolute atomic E-state index is 8.98. The fourth-order valence-electron chi connectivity index (χ4n) is 2.87. The molecule has 0 radical (unpaired) electrons. The van der Waals surface area contributed by atoms with E-state index in [-0.39, 0.29) is 6.04 Å². The third-order valence-electron chi connectivity index (χ3n) is 4.24. The first-order valence-corrected chi connectivity index (χ1v) is 7.92. The normalized spacial score (nSPS) is 12.1. The first-order valence-electron chi connectivity index (χ1n) is 7.92. The molecule has 4 nitrogen and oxygen atoms in total. The number of hydrogen-bond donors (Lipinski definition) is 1. The summed E-state index contributed by atoms with van der Waals surface area (Å²) in [4.78, 5) is 0. The van der Waals surface area contributed by atoms with Crippen molar-refractivity contribution in [2.45, 2.75) is 26.4 Å². The maximum Gasteiger partial charge on any atom is 0.134 e. The van der Waals surface area contributed by atoms with Crippen molar-refractivity contribution >= 4 is 11.0 Å². The van der Waals surface area contributed by atoms with E-state index >= 15 is 0 Å². The summed E-state index contributed by atoms with van der Waals surface area (Å²) in [5, 5.41) is 13.5. The van der Waals surface area contributed by atoms with Gasteiger partial charge in [-0.1, -0.05) is 12.1 Å². The van der Waals surface area contributed by atoms with Gasteiger partial charge in [0.05, 0.1) is 24.8 Å². The van der Waals surface area contributed by atoms with Crippen molar-refractivity contribution in [1.29, 1.82) is 5.26 Å². The third-order valence-corrected chi connectivity index (χ3v) is 4.24. The molecule has 0 saturated heterocycles. The topological polar surface area (TPSA) is 58.2 Å². The molecule has 0 saturated carbocycles. The Hall–Kier alpha value is -2.77. The first kappa shape index (κ1) is 16.1. The average Bonchev–Trinajstić information content (AvgIpc) is 2.96. The monoisotopic (exact) mass is 320 g/mol. The van der Waals surface area contributed by atoms with Crippen LogP contribution in [0, 0.1) is 18.3 Å². The number of aryl methyl sites for hydroxylation is 1. The van der Waals surface area contributed by atoms with Gasteiger partial charge in [0.2, 0.25) is 0 Å². The number of benzene rings is 2. The Bertz CT molecular complexity index is 906. The van der Waals surface area contributed by atoms with Crippen LogP contribution in [0.15, 0.2) is 46.9 Å². The fourth-order valence-corrected chi connectivity index (χ4v) is 2.87. The van der Waals surface area contributed by atoms with Gasteiger partial charge in [0, 0.05) is 17.5 Å². The van der Waals surface area contributed by atoms with Gasteiger partial charge in [-0.2, -0.15) is 5.26 Å². The molecular formula is C20H20N2O2. The second-order valence-corrected chi connectivity index (χ2v) is 5.87. The van der Waals surface area contributed by atoms with Crippen LogP contribution in [0.25, 0.3) is 11.0 Å². The van der Waals surface area contributed by atoms with Crippen molar-refractivity contribution in [3.8, 4) is 11.8 Å². The number of rotatable bonds is 5. The van der Waals surface area contributed by atoms with Crippen molar-refractivity contribution in [1.82, 2.24) is 5.32 Å². The predicted molar refractivity (Wildman–Crippen MR) is 93.9 cm³/mol. The smallest absolute Gasteiger partial charge is 0.134 e. The highest BCUT2D eigenvalue weighted by Crippen LogP contribution is 2.32. The maximum atomic E-state index is 8.98. The Morgan fingerprint density at radius 1 is 1.25 bits per heavy atom. The first-order chi connectivity index (χ1) is 11.6. The molecule has 3 rings (SSSR count). The van der Waals surface area contributed by atoms with Crippen LogP contribution >= 0.6 is 0 Å². The van der Waals surface area contributed by atoms with E-state index in [9.17, 15) is 0 Å². The summed E-state index contributed by atoms with van der Waals surface area (Å²) in [6.45, 7) is 4.82. The lowest BCUT2D eigenvalue weighted by molar-refractivity contribution is 0.415. The molecule has 1 atom stereocenters. The SMILES string of the molecule is COc1ccc2oc(C(C)NCc3cccc(C#N)c3)c(C)c2c1. The molecule has 0 bridgehead atoms. The lowest BCUT2D eigenvalue weighted by atomic mass is 10.1. The predicted octanol–water partition coefficient (Wildman–Crippen LogP) is 4.47. The summed E-state index contributed by atoms with van der Waals surface area (Å²) in [5.41, 5.74) is 3.74. The molecule has 0 aliphatic carbocycles. The van der Waals surface area contributed by atoms with Gasteiger partial charge in [0.25, 0.3) is 0 Å². The van der Waals surface area contributed by atoms with Crippen molar-refractivity contribution in [3.63, 3.8) is 0 Å². The molecule has 1 aromatic heterocycles. The second kappa shape index (κ2) is 6.77. The molecule has 122 valence electrons. The summed E-state index contributed by atoms with van der Waals surface area (Å²) >= 11 is 0. The van der Waals surface area contributed by atoms with Gasteiger partial charge in [0.15, 0.2) is 0 Å². The van der Waals surface area contributed by atoms with Crippen LogP contribution in [0.3, 0.4) is 0 Å². The van der Waals surface area contributed by atoms with Crippen LogP contribution in [-0.4, -0.2) is 7.11 Å². The highest BCUT2D eigenvalue weighted by atomic mass is 16.5. The highest BCUT2D eigenvalue weighted by molar-refractivity contribution is 5.83. The zero-order chi connectivity index (χ0) is 17.1. The number of nitrogens with zero attached hydrogens (tertiary/aromatic N) is 1. The zero-order valence-electron chi connectivity index (χ0n) is 14.1. The molecule has 2 aromatic carbocycles. The standard InChI is InChI=1S/C20H20N2O2/c1-13-18-10-17(23-3)7-8-19(18)24-20(13)14(2)22-12-16-6-4-5-15(9-16)11-21/h4-10,14,22H,12H2,1-3H3. The van der Waals surface area contributed by atoms with Crippen molar-refractivity contribution in [3.05, 3.63) is 64.9 Å². The summed E-state index contributed by atoms with van der Waals surface area (Å²) < 4.78 is 11.3. The molecule has 1 unspecified atom stereocenters. The van der Waals surface area contributed by atoms with Crippen LogP contribution in [0.4, 0.5) is 0 Å². The van der Waals surface area contributed by atoms with Gasteiger partial charge in [0.1, 0.15) is 17.1 Å². The van der Waals surface area contributed by atoms with E-state index in [0.717, 1.165) is 33.6 Å². The number of ether oxygens (including phenoxy) is 1. The number of furan rings is 1. The summed E-state index contributed by atoms with van der Waals surface area (Å²) in [6.07, 6.45) is 0. The Morgan fingerprint density at radius 2 is 2.08 bits per heavy atom. The number of nitrogens with one attached hydrogen (secondary N) is 1. The van der Waals surface area contributed by atoms with Gasteiger partial charge in [-0.25, -0.2) is 0 Å². The Morgan fingerprint density at radius 3 is 2.83 bits per heavy atom. The molecule has 24 heavy (non-hydrogen) atoms. The molecule has 4 heteroatoms. The van der Waals surface area contributed by atoms with Crippen LogP contribution in [0.1, 0.15) is 35.4 Å². The summed E-state index contributed by atoms with van der Waals surface area (Å²) in [6, 6.07) is 15.7. The Balaban J connectivity index is 1.79. The molecule has 0 aliphatic rings. The zero-order valence-corrected chi connectivity index (χ0v) is 14.1. The number of hydrogen-bond acceptors (Lipinski definition) is 4. The minimum absolute atomic E-state index is 0.0640. The number of nitriles is 1. The molecular weight excluding hydrogens is 300 g/mol. The van der Waals surface area contributed by atoms with Crippen LogP contribution < -0.4 is 10.1 Å². The molecule has 0 spiro atoms. The van der Waals surface area contributed by atoms with Gasteiger partial charge < -0.3 is 14.5 Å². The van der Waals surface area contributed by atoms with E-state index in [2.05, 4.69) is 25.2 Å². The van der Waals surface area contributed by atoms with Crippen LogP contribution in [-0.2, 0) is 6.54 Å². The molecule has 0 fully saturated rings. The van der Waals surface area contributed by atoms with E-state index in [4.69, 9.17) is 14.4 Å². The van der Waals surface area contributed by atoms with Crippen LogP contribution in [0.5, 0.6) is 5.75 Å². The molecule has 1 N–H and O–H groups in total. The minimum Gasteiger partial charge on any atom is -0.497 e. The minimum atomic E-state index is 0.0640. The van der Waals surface area contributed by atoms with Gasteiger partial charge in [-0.15, -0.1) is 0 Å². The van der Waals surface area contributed by atoms with E-state index < -0.39 is 0 Å². The third kappa shape index (κ3) is 3.12. The fraction of sp³-hybridized carbons (Fsp3) is 0.250. The Kier molecular flexibility index (Phi) is 4.54. The molecule has 0 amide bonds. The molecule has 3 aromatic rings. The van der Waals surface area contributed by atoms with Crippen LogP contribution in [0.2, 0.25) is 0 Å². The molecule has 1 heterocycles. The summed E-state index contributed by atoms with van der Waals surface area (Å²) in [5.74, 6) is 1.75. The number of methoxy groups -OCH3 is 1. The van der Waals surface area contributed by atoms with Crippen molar-refractivity contribution in [2.24, 2.45) is 0 Å². The summed E-state index contributed by atoms with van der Waals surface area (Å²) in [7, 11) is 1.66. The van der Waals surface area contributed by atoms with E-state index in [1.807, 2.05) is 42.5 Å².